The van der Waals surface area contributed by atoms with E-state index in [9.17, 15) is 4.79 Å². The summed E-state index contributed by atoms with van der Waals surface area (Å²) in [5.41, 5.74) is 1.94. The van der Waals surface area contributed by atoms with Gasteiger partial charge in [0.15, 0.2) is 0 Å². The molecule has 0 bridgehead atoms. The quantitative estimate of drug-likeness (QED) is 0.477. The largest absolute Gasteiger partial charge is 0.384 e. The summed E-state index contributed by atoms with van der Waals surface area (Å²) < 4.78 is 5.55. The van der Waals surface area contributed by atoms with Gasteiger partial charge in [-0.15, -0.1) is 0 Å². The fourth-order valence-electron chi connectivity index (χ4n) is 6.30. The monoisotopic (exact) mass is 506 g/mol. The van der Waals surface area contributed by atoms with Crippen LogP contribution in [0.3, 0.4) is 0 Å². The van der Waals surface area contributed by atoms with E-state index >= 15 is 0 Å². The lowest BCUT2D eigenvalue weighted by Gasteiger charge is -2.36. The number of anilines is 1. The first-order valence-electron chi connectivity index (χ1n) is 14.2. The molecule has 3 aliphatic rings. The Kier molecular flexibility index (Phi) is 8.23. The van der Waals surface area contributed by atoms with Crippen LogP contribution in [0.1, 0.15) is 86.8 Å². The number of nitrogens with zero attached hydrogens (tertiary/aromatic N) is 3. The number of carbonyl (C=O) groups excluding carboxylic acids is 1. The van der Waals surface area contributed by atoms with Gasteiger partial charge in [-0.25, -0.2) is 9.97 Å². The number of carbonyl (C=O) groups is 1. The predicted molar refractivity (Wildman–Crippen MR) is 148 cm³/mol. The van der Waals surface area contributed by atoms with Gasteiger partial charge in [0.05, 0.1) is 18.0 Å². The highest BCUT2D eigenvalue weighted by molar-refractivity contribution is 5.96. The molecule has 8 nitrogen and oxygen atoms in total. The van der Waals surface area contributed by atoms with Crippen LogP contribution in [-0.2, 0) is 4.74 Å². The number of hydrogen-bond donors (Lipinski definition) is 3. The second-order valence-electron chi connectivity index (χ2n) is 11.3. The molecular weight excluding hydrogens is 464 g/mol. The molecular formula is C29H42N6O2. The molecule has 0 unspecified atom stereocenters. The first-order valence-corrected chi connectivity index (χ1v) is 14.2. The molecule has 0 saturated heterocycles. The predicted octanol–water partition coefficient (Wildman–Crippen LogP) is 4.77. The van der Waals surface area contributed by atoms with Crippen molar-refractivity contribution in [1.29, 1.82) is 0 Å². The number of amidine groups is 1. The Morgan fingerprint density at radius 1 is 1.03 bits per heavy atom. The van der Waals surface area contributed by atoms with Crippen LogP contribution in [0.2, 0.25) is 0 Å². The highest BCUT2D eigenvalue weighted by Gasteiger charge is 2.33. The fraction of sp³-hybridized carbons (Fsp3) is 0.655. The maximum Gasteiger partial charge on any atom is 0.289 e. The second kappa shape index (κ2) is 11.8. The van der Waals surface area contributed by atoms with E-state index in [1.165, 1.54) is 32.1 Å². The number of ether oxygens (including phenoxy) is 1. The van der Waals surface area contributed by atoms with E-state index in [2.05, 4.69) is 38.9 Å². The van der Waals surface area contributed by atoms with Gasteiger partial charge in [-0.2, -0.15) is 0 Å². The molecule has 8 heteroatoms. The topological polar surface area (TPSA) is 101 Å². The molecule has 1 amide bonds. The summed E-state index contributed by atoms with van der Waals surface area (Å²) in [6, 6.07) is 6.67. The van der Waals surface area contributed by atoms with Gasteiger partial charge >= 0.3 is 0 Å². The minimum absolute atomic E-state index is 0.00163. The summed E-state index contributed by atoms with van der Waals surface area (Å²) in [5.74, 6) is 1.89. The number of rotatable bonds is 8. The molecule has 2 atom stereocenters. The van der Waals surface area contributed by atoms with Crippen molar-refractivity contribution >= 4 is 28.5 Å². The molecule has 2 fully saturated rings. The molecule has 37 heavy (non-hydrogen) atoms. The average Bonchev–Trinajstić information content (AvgIpc) is 3.42. The molecule has 200 valence electrons. The molecule has 0 radical (unpaired) electrons. The molecule has 2 heterocycles. The number of nitrogens with one attached hydrogen (secondary N) is 3. The molecule has 1 aromatic carbocycles. The summed E-state index contributed by atoms with van der Waals surface area (Å²) in [7, 11) is 1.75. The van der Waals surface area contributed by atoms with E-state index in [4.69, 9.17) is 9.72 Å². The number of amides is 1. The average molecular weight is 507 g/mol. The maximum atomic E-state index is 13.4. The molecule has 5 rings (SSSR count). The molecule has 2 aromatic rings. The third kappa shape index (κ3) is 6.22. The number of fused-ring (bicyclic) bond motifs is 1. The van der Waals surface area contributed by atoms with Crippen LogP contribution < -0.4 is 16.0 Å². The molecule has 2 saturated carbocycles. The number of methoxy groups -OCH3 is 1. The van der Waals surface area contributed by atoms with Crippen molar-refractivity contribution in [3.63, 3.8) is 0 Å². The van der Waals surface area contributed by atoms with E-state index in [-0.39, 0.29) is 23.2 Å². The third-order valence-corrected chi connectivity index (χ3v) is 8.36. The van der Waals surface area contributed by atoms with Crippen LogP contribution in [0, 0.1) is 12.3 Å². The highest BCUT2D eigenvalue weighted by Crippen LogP contribution is 2.36. The number of aryl methyl sites for hydroxylation is 1. The minimum atomic E-state index is -0.217. The van der Waals surface area contributed by atoms with Crippen LogP contribution in [0.15, 0.2) is 23.2 Å². The minimum Gasteiger partial charge on any atom is -0.384 e. The van der Waals surface area contributed by atoms with Crippen molar-refractivity contribution in [3.8, 4) is 0 Å². The number of hydrogen-bond acceptors (Lipinski definition) is 7. The van der Waals surface area contributed by atoms with E-state index in [0.717, 1.165) is 73.2 Å². The fourth-order valence-corrected chi connectivity index (χ4v) is 6.30. The van der Waals surface area contributed by atoms with Crippen molar-refractivity contribution in [2.75, 3.05) is 32.1 Å². The molecule has 3 N–H and O–H groups in total. The van der Waals surface area contributed by atoms with E-state index < -0.39 is 0 Å². The Bertz CT molecular complexity index is 1120. The number of aromatic nitrogens is 2. The highest BCUT2D eigenvalue weighted by atomic mass is 16.5. The maximum absolute atomic E-state index is 13.4. The zero-order valence-electron chi connectivity index (χ0n) is 22.4. The standard InChI is InChI=1S/C29H42N6O2/c1-20-12-13-22-21(17-20)26(34-24-10-5-4-9-23(24)32-25-11-8-16-30-25)35-27(33-22)28(36)31-18-29(19-37-2)14-6-3-7-15-29/h12-13,17,23-24H,3-11,14-16,18-19H2,1-2H3,(H,30,32)(H,31,36)(H,33,34,35)/t23-,24+/m1/s1. The Labute approximate surface area is 220 Å². The van der Waals surface area contributed by atoms with Crippen molar-refractivity contribution in [2.45, 2.75) is 89.6 Å². The first kappa shape index (κ1) is 25.9. The number of benzene rings is 1. The smallest absolute Gasteiger partial charge is 0.289 e. The summed E-state index contributed by atoms with van der Waals surface area (Å²) in [4.78, 5) is 27.5. The number of aliphatic imine (C=N–C) groups is 1. The second-order valence-corrected chi connectivity index (χ2v) is 11.3. The van der Waals surface area contributed by atoms with E-state index in [0.29, 0.717) is 19.2 Å². The molecule has 0 spiro atoms. The van der Waals surface area contributed by atoms with Crippen molar-refractivity contribution in [2.24, 2.45) is 10.4 Å². The Hall–Kier alpha value is -2.74. The van der Waals surface area contributed by atoms with Crippen molar-refractivity contribution in [1.82, 2.24) is 20.6 Å². The molecule has 2 aliphatic carbocycles. The lowest BCUT2D eigenvalue weighted by Crippen LogP contribution is -2.48. The Morgan fingerprint density at radius 2 is 1.81 bits per heavy atom. The van der Waals surface area contributed by atoms with Crippen molar-refractivity contribution < 1.29 is 9.53 Å². The zero-order chi connectivity index (χ0) is 25.7. The van der Waals surface area contributed by atoms with Gasteiger partial charge in [-0.1, -0.05) is 43.7 Å². The summed E-state index contributed by atoms with van der Waals surface area (Å²) in [6.45, 7) is 4.26. The SMILES string of the molecule is COCC1(CNC(=O)c2nc(N[C@H]3CCCC[C@H]3NC3=NCCC3)c3cc(C)ccc3n2)CCCCC1. The van der Waals surface area contributed by atoms with Crippen LogP contribution >= 0.6 is 0 Å². The van der Waals surface area contributed by atoms with Crippen LogP contribution in [0.5, 0.6) is 0 Å². The normalized spacial score (nSPS) is 23.5. The van der Waals surface area contributed by atoms with E-state index in [1.54, 1.807) is 7.11 Å². The zero-order valence-corrected chi connectivity index (χ0v) is 22.4. The van der Waals surface area contributed by atoms with Crippen molar-refractivity contribution in [3.05, 3.63) is 29.6 Å². The van der Waals surface area contributed by atoms with Gasteiger partial charge < -0.3 is 20.7 Å². The summed E-state index contributed by atoms with van der Waals surface area (Å²) in [6.07, 6.45) is 12.5. The van der Waals surface area contributed by atoms with Crippen LogP contribution in [0.4, 0.5) is 5.82 Å². The van der Waals surface area contributed by atoms with Gasteiger partial charge in [0.25, 0.3) is 5.91 Å². The van der Waals surface area contributed by atoms with Crippen LogP contribution in [-0.4, -0.2) is 60.6 Å². The lowest BCUT2D eigenvalue weighted by molar-refractivity contribution is 0.0463. The summed E-state index contributed by atoms with van der Waals surface area (Å²) >= 11 is 0. The van der Waals surface area contributed by atoms with Gasteiger partial charge in [-0.05, 0) is 51.2 Å². The van der Waals surface area contributed by atoms with Gasteiger partial charge in [0, 0.05) is 49.5 Å². The van der Waals surface area contributed by atoms with Crippen LogP contribution in [0.25, 0.3) is 10.9 Å². The molecule has 1 aliphatic heterocycles. The Morgan fingerprint density at radius 3 is 2.54 bits per heavy atom. The molecule has 1 aromatic heterocycles. The van der Waals surface area contributed by atoms with Gasteiger partial charge in [-0.3, -0.25) is 9.79 Å². The van der Waals surface area contributed by atoms with E-state index in [1.807, 2.05) is 12.1 Å². The lowest BCUT2D eigenvalue weighted by atomic mass is 9.74. The van der Waals surface area contributed by atoms with Gasteiger partial charge in [0.2, 0.25) is 5.82 Å². The Balaban J connectivity index is 1.37. The summed E-state index contributed by atoms with van der Waals surface area (Å²) in [5, 5.41) is 11.6. The van der Waals surface area contributed by atoms with Gasteiger partial charge in [0.1, 0.15) is 5.82 Å². The third-order valence-electron chi connectivity index (χ3n) is 8.36. The first-order chi connectivity index (χ1) is 18.0.